The van der Waals surface area contributed by atoms with Crippen LogP contribution in [0.5, 0.6) is 0 Å². The van der Waals surface area contributed by atoms with Crippen molar-refractivity contribution in [1.29, 1.82) is 0 Å². The Balaban J connectivity index is 2.30. The molecule has 0 aliphatic carbocycles. The second kappa shape index (κ2) is 5.12. The Labute approximate surface area is 108 Å². The standard InChI is InChI=1S/C11H14BrN3S/c1-3-13-11(8-6-10(12)16-7-8)9-4-5-15(2)14-9/h4-7,11,13H,3H2,1-2H3. The topological polar surface area (TPSA) is 29.9 Å². The number of thiophene rings is 1. The fourth-order valence-electron chi connectivity index (χ4n) is 1.66. The predicted octanol–water partition coefficient (Wildman–Crippen LogP) is 2.94. The van der Waals surface area contributed by atoms with Gasteiger partial charge in [0.25, 0.3) is 0 Å². The molecule has 0 amide bonds. The van der Waals surface area contributed by atoms with Crippen molar-refractivity contribution >= 4 is 27.3 Å². The van der Waals surface area contributed by atoms with Gasteiger partial charge in [-0.2, -0.15) is 5.10 Å². The van der Waals surface area contributed by atoms with E-state index in [0.717, 1.165) is 16.0 Å². The van der Waals surface area contributed by atoms with Crippen molar-refractivity contribution in [2.45, 2.75) is 13.0 Å². The number of aryl methyl sites for hydroxylation is 1. The molecular formula is C11H14BrN3S. The van der Waals surface area contributed by atoms with Crippen molar-refractivity contribution in [2.24, 2.45) is 7.05 Å². The lowest BCUT2D eigenvalue weighted by Crippen LogP contribution is -2.22. The third-order valence-corrected chi connectivity index (χ3v) is 3.88. The van der Waals surface area contributed by atoms with E-state index in [1.165, 1.54) is 5.56 Å². The van der Waals surface area contributed by atoms with Crippen LogP contribution in [0.3, 0.4) is 0 Å². The van der Waals surface area contributed by atoms with Crippen LogP contribution >= 0.6 is 27.3 Å². The summed E-state index contributed by atoms with van der Waals surface area (Å²) in [6.45, 7) is 3.03. The summed E-state index contributed by atoms with van der Waals surface area (Å²) >= 11 is 5.20. The second-order valence-electron chi connectivity index (χ2n) is 3.59. The second-order valence-corrected chi connectivity index (χ2v) is 5.88. The Hall–Kier alpha value is -0.650. The van der Waals surface area contributed by atoms with E-state index in [1.807, 2.05) is 17.9 Å². The van der Waals surface area contributed by atoms with Gasteiger partial charge in [-0.3, -0.25) is 4.68 Å². The first kappa shape index (κ1) is 11.8. The van der Waals surface area contributed by atoms with E-state index in [4.69, 9.17) is 0 Å². The monoisotopic (exact) mass is 299 g/mol. The van der Waals surface area contributed by atoms with E-state index in [0.29, 0.717) is 0 Å². The van der Waals surface area contributed by atoms with Crippen molar-refractivity contribution < 1.29 is 0 Å². The minimum atomic E-state index is 0.189. The van der Waals surface area contributed by atoms with Gasteiger partial charge in [0, 0.05) is 13.2 Å². The van der Waals surface area contributed by atoms with Crippen LogP contribution in [-0.4, -0.2) is 16.3 Å². The SMILES string of the molecule is CCNC(c1csc(Br)c1)c1ccn(C)n1. The van der Waals surface area contributed by atoms with Gasteiger partial charge in [-0.1, -0.05) is 6.92 Å². The molecule has 0 aromatic carbocycles. The van der Waals surface area contributed by atoms with Gasteiger partial charge in [-0.25, -0.2) is 0 Å². The van der Waals surface area contributed by atoms with Gasteiger partial charge in [0.1, 0.15) is 0 Å². The zero-order valence-electron chi connectivity index (χ0n) is 9.27. The van der Waals surface area contributed by atoms with Crippen LogP contribution < -0.4 is 5.32 Å². The van der Waals surface area contributed by atoms with Crippen molar-refractivity contribution in [3.8, 4) is 0 Å². The van der Waals surface area contributed by atoms with Crippen molar-refractivity contribution in [1.82, 2.24) is 15.1 Å². The molecule has 0 fully saturated rings. The molecule has 1 atom stereocenters. The molecule has 5 heteroatoms. The summed E-state index contributed by atoms with van der Waals surface area (Å²) in [6.07, 6.45) is 1.97. The van der Waals surface area contributed by atoms with Gasteiger partial charge in [0.2, 0.25) is 0 Å². The number of hydrogen-bond donors (Lipinski definition) is 1. The maximum absolute atomic E-state index is 4.46. The van der Waals surface area contributed by atoms with Gasteiger partial charge in [0.05, 0.1) is 15.5 Å². The molecule has 0 saturated carbocycles. The molecule has 0 bridgehead atoms. The first-order valence-electron chi connectivity index (χ1n) is 5.17. The van der Waals surface area contributed by atoms with Crippen LogP contribution in [-0.2, 0) is 7.05 Å². The van der Waals surface area contributed by atoms with Crippen LogP contribution in [0.25, 0.3) is 0 Å². The normalized spacial score (nSPS) is 12.9. The number of nitrogens with one attached hydrogen (secondary N) is 1. The van der Waals surface area contributed by atoms with E-state index in [9.17, 15) is 0 Å². The Morgan fingerprint density at radius 2 is 2.44 bits per heavy atom. The molecular weight excluding hydrogens is 286 g/mol. The molecule has 3 nitrogen and oxygen atoms in total. The van der Waals surface area contributed by atoms with E-state index in [-0.39, 0.29) is 6.04 Å². The summed E-state index contributed by atoms with van der Waals surface area (Å²) in [6, 6.07) is 4.39. The zero-order chi connectivity index (χ0) is 11.5. The molecule has 0 radical (unpaired) electrons. The maximum Gasteiger partial charge on any atom is 0.0839 e. The van der Waals surface area contributed by atoms with Crippen LogP contribution in [0.1, 0.15) is 24.2 Å². The highest BCUT2D eigenvalue weighted by Crippen LogP contribution is 2.28. The van der Waals surface area contributed by atoms with Crippen LogP contribution in [0.4, 0.5) is 0 Å². The number of halogens is 1. The first-order valence-corrected chi connectivity index (χ1v) is 6.85. The predicted molar refractivity (Wildman–Crippen MR) is 70.7 cm³/mol. The lowest BCUT2D eigenvalue weighted by Gasteiger charge is -2.14. The molecule has 0 saturated heterocycles. The molecule has 0 aliphatic rings. The zero-order valence-corrected chi connectivity index (χ0v) is 11.7. The Morgan fingerprint density at radius 1 is 1.62 bits per heavy atom. The fourth-order valence-corrected chi connectivity index (χ4v) is 2.86. The average molecular weight is 300 g/mol. The fraction of sp³-hybridized carbons (Fsp3) is 0.364. The molecule has 86 valence electrons. The number of rotatable bonds is 4. The highest BCUT2D eigenvalue weighted by atomic mass is 79.9. The van der Waals surface area contributed by atoms with Crippen LogP contribution in [0.15, 0.2) is 27.5 Å². The summed E-state index contributed by atoms with van der Waals surface area (Å²) in [7, 11) is 1.94. The number of hydrogen-bond acceptors (Lipinski definition) is 3. The van der Waals surface area contributed by atoms with Crippen molar-refractivity contribution in [3.63, 3.8) is 0 Å². The average Bonchev–Trinajstić information content (AvgIpc) is 2.84. The highest BCUT2D eigenvalue weighted by molar-refractivity contribution is 9.11. The highest BCUT2D eigenvalue weighted by Gasteiger charge is 2.16. The van der Waals surface area contributed by atoms with Gasteiger partial charge in [-0.05, 0) is 45.6 Å². The van der Waals surface area contributed by atoms with E-state index < -0.39 is 0 Å². The molecule has 1 unspecified atom stereocenters. The third kappa shape index (κ3) is 2.53. The molecule has 2 aromatic rings. The minimum Gasteiger partial charge on any atom is -0.305 e. The smallest absolute Gasteiger partial charge is 0.0839 e. The van der Waals surface area contributed by atoms with E-state index in [1.54, 1.807) is 11.3 Å². The molecule has 16 heavy (non-hydrogen) atoms. The van der Waals surface area contributed by atoms with Crippen molar-refractivity contribution in [2.75, 3.05) is 6.54 Å². The van der Waals surface area contributed by atoms with Gasteiger partial charge >= 0.3 is 0 Å². The maximum atomic E-state index is 4.46. The number of aromatic nitrogens is 2. The van der Waals surface area contributed by atoms with E-state index >= 15 is 0 Å². The molecule has 0 spiro atoms. The summed E-state index contributed by atoms with van der Waals surface area (Å²) < 4.78 is 2.99. The molecule has 2 aromatic heterocycles. The molecule has 0 aliphatic heterocycles. The Bertz CT molecular complexity index is 423. The summed E-state index contributed by atoms with van der Waals surface area (Å²) in [4.78, 5) is 0. The first-order chi connectivity index (χ1) is 7.70. The summed E-state index contributed by atoms with van der Waals surface area (Å²) in [5, 5.41) is 10.1. The Kier molecular flexibility index (Phi) is 3.78. The molecule has 1 N–H and O–H groups in total. The van der Waals surface area contributed by atoms with Crippen LogP contribution in [0.2, 0.25) is 0 Å². The lowest BCUT2D eigenvalue weighted by atomic mass is 10.1. The van der Waals surface area contributed by atoms with Crippen molar-refractivity contribution in [3.05, 3.63) is 38.8 Å². The quantitative estimate of drug-likeness (QED) is 0.941. The minimum absolute atomic E-state index is 0.189. The van der Waals surface area contributed by atoms with E-state index in [2.05, 4.69) is 50.8 Å². The van der Waals surface area contributed by atoms with Gasteiger partial charge in [-0.15, -0.1) is 11.3 Å². The molecule has 2 rings (SSSR count). The van der Waals surface area contributed by atoms with Gasteiger partial charge < -0.3 is 5.32 Å². The third-order valence-electron chi connectivity index (χ3n) is 2.36. The largest absolute Gasteiger partial charge is 0.305 e. The Morgan fingerprint density at radius 3 is 2.94 bits per heavy atom. The summed E-state index contributed by atoms with van der Waals surface area (Å²) in [5.41, 5.74) is 2.33. The summed E-state index contributed by atoms with van der Waals surface area (Å²) in [5.74, 6) is 0. The van der Waals surface area contributed by atoms with Gasteiger partial charge in [0.15, 0.2) is 0 Å². The van der Waals surface area contributed by atoms with Crippen LogP contribution in [0, 0.1) is 0 Å². The molecule has 2 heterocycles. The lowest BCUT2D eigenvalue weighted by molar-refractivity contribution is 0.601. The number of nitrogens with zero attached hydrogens (tertiary/aromatic N) is 2.